The van der Waals surface area contributed by atoms with Crippen LogP contribution >= 0.6 is 0 Å². The van der Waals surface area contributed by atoms with Gasteiger partial charge >= 0.3 is 0 Å². The molecule has 0 saturated carbocycles. The molecule has 0 bridgehead atoms. The summed E-state index contributed by atoms with van der Waals surface area (Å²) >= 11 is 0. The molecule has 16 heavy (non-hydrogen) atoms. The number of aryl methyl sites for hydroxylation is 1. The molecular weight excluding hydrogens is 200 g/mol. The monoisotopic (exact) mass is 220 g/mol. The topological polar surface area (TPSA) is 42.7 Å². The first-order valence-electron chi connectivity index (χ1n) is 6.58. The normalized spacial score (nSPS) is 25.4. The van der Waals surface area contributed by atoms with Crippen molar-refractivity contribution in [3.8, 4) is 0 Å². The number of hydrogen-bond donors (Lipinski definition) is 1. The molecule has 1 aromatic rings. The SMILES string of the molecule is C1CCc2nnc(CC3CCCN3)n2CC1. The van der Waals surface area contributed by atoms with Crippen LogP contribution < -0.4 is 5.32 Å². The molecule has 4 nitrogen and oxygen atoms in total. The van der Waals surface area contributed by atoms with Gasteiger partial charge in [-0.15, -0.1) is 10.2 Å². The summed E-state index contributed by atoms with van der Waals surface area (Å²) in [4.78, 5) is 0. The Kier molecular flexibility index (Phi) is 2.91. The summed E-state index contributed by atoms with van der Waals surface area (Å²) in [6, 6.07) is 0.636. The van der Waals surface area contributed by atoms with E-state index in [4.69, 9.17) is 0 Å². The second-order valence-electron chi connectivity index (χ2n) is 4.99. The molecule has 3 heterocycles. The first kappa shape index (κ1) is 10.3. The Balaban J connectivity index is 1.76. The van der Waals surface area contributed by atoms with Crippen LogP contribution in [0.5, 0.6) is 0 Å². The lowest BCUT2D eigenvalue weighted by atomic mass is 10.1. The molecule has 4 heteroatoms. The quantitative estimate of drug-likeness (QED) is 0.817. The second kappa shape index (κ2) is 4.53. The van der Waals surface area contributed by atoms with Crippen LogP contribution in [-0.2, 0) is 19.4 Å². The van der Waals surface area contributed by atoms with E-state index >= 15 is 0 Å². The fourth-order valence-corrected chi connectivity index (χ4v) is 2.85. The van der Waals surface area contributed by atoms with E-state index < -0.39 is 0 Å². The van der Waals surface area contributed by atoms with Crippen molar-refractivity contribution in [1.29, 1.82) is 0 Å². The van der Waals surface area contributed by atoms with E-state index in [0.717, 1.165) is 19.4 Å². The van der Waals surface area contributed by atoms with Gasteiger partial charge in [-0.3, -0.25) is 0 Å². The van der Waals surface area contributed by atoms with Crippen molar-refractivity contribution in [2.75, 3.05) is 6.54 Å². The van der Waals surface area contributed by atoms with E-state index in [1.165, 1.54) is 50.3 Å². The van der Waals surface area contributed by atoms with E-state index in [1.54, 1.807) is 0 Å². The predicted molar refractivity (Wildman–Crippen MR) is 62.3 cm³/mol. The van der Waals surface area contributed by atoms with Crippen LogP contribution in [-0.4, -0.2) is 27.4 Å². The zero-order valence-corrected chi connectivity index (χ0v) is 9.78. The summed E-state index contributed by atoms with van der Waals surface area (Å²) < 4.78 is 2.37. The van der Waals surface area contributed by atoms with Gasteiger partial charge in [-0.05, 0) is 32.2 Å². The van der Waals surface area contributed by atoms with E-state index in [2.05, 4.69) is 20.1 Å². The van der Waals surface area contributed by atoms with Crippen molar-refractivity contribution in [1.82, 2.24) is 20.1 Å². The van der Waals surface area contributed by atoms with E-state index in [9.17, 15) is 0 Å². The molecule has 0 aliphatic carbocycles. The molecule has 0 amide bonds. The molecular formula is C12H20N4. The molecule has 1 fully saturated rings. The van der Waals surface area contributed by atoms with Gasteiger partial charge in [0.1, 0.15) is 11.6 Å². The zero-order valence-electron chi connectivity index (χ0n) is 9.78. The summed E-state index contributed by atoms with van der Waals surface area (Å²) in [6.45, 7) is 2.30. The number of aromatic nitrogens is 3. The Labute approximate surface area is 96.4 Å². The summed E-state index contributed by atoms with van der Waals surface area (Å²) in [5, 5.41) is 12.3. The lowest BCUT2D eigenvalue weighted by Crippen LogP contribution is -2.25. The fraction of sp³-hybridized carbons (Fsp3) is 0.833. The van der Waals surface area contributed by atoms with Gasteiger partial charge in [-0.2, -0.15) is 0 Å². The zero-order chi connectivity index (χ0) is 10.8. The molecule has 1 saturated heterocycles. The lowest BCUT2D eigenvalue weighted by Gasteiger charge is -2.11. The highest BCUT2D eigenvalue weighted by Crippen LogP contribution is 2.17. The van der Waals surface area contributed by atoms with E-state index in [-0.39, 0.29) is 0 Å². The Morgan fingerprint density at radius 1 is 1.19 bits per heavy atom. The van der Waals surface area contributed by atoms with Crippen LogP contribution in [0.2, 0.25) is 0 Å². The fourth-order valence-electron chi connectivity index (χ4n) is 2.85. The summed E-state index contributed by atoms with van der Waals surface area (Å²) in [5.41, 5.74) is 0. The number of rotatable bonds is 2. The number of nitrogens with one attached hydrogen (secondary N) is 1. The van der Waals surface area contributed by atoms with Crippen molar-refractivity contribution < 1.29 is 0 Å². The average molecular weight is 220 g/mol. The van der Waals surface area contributed by atoms with Crippen LogP contribution in [0.15, 0.2) is 0 Å². The van der Waals surface area contributed by atoms with Crippen LogP contribution in [0.25, 0.3) is 0 Å². The van der Waals surface area contributed by atoms with Gasteiger partial charge in [-0.1, -0.05) is 6.42 Å². The smallest absolute Gasteiger partial charge is 0.134 e. The van der Waals surface area contributed by atoms with Gasteiger partial charge in [0.05, 0.1) is 0 Å². The number of fused-ring (bicyclic) bond motifs is 1. The van der Waals surface area contributed by atoms with Crippen molar-refractivity contribution in [2.24, 2.45) is 0 Å². The third kappa shape index (κ3) is 1.98. The minimum atomic E-state index is 0.636. The van der Waals surface area contributed by atoms with Crippen molar-refractivity contribution in [2.45, 2.75) is 57.5 Å². The Morgan fingerprint density at radius 2 is 2.19 bits per heavy atom. The molecule has 2 aliphatic heterocycles. The minimum absolute atomic E-state index is 0.636. The molecule has 1 aromatic heterocycles. The molecule has 0 radical (unpaired) electrons. The molecule has 1 N–H and O–H groups in total. The highest BCUT2D eigenvalue weighted by molar-refractivity contribution is 5.00. The molecule has 0 aromatic carbocycles. The highest BCUT2D eigenvalue weighted by atomic mass is 15.3. The average Bonchev–Trinajstić information content (AvgIpc) is 2.86. The summed E-state index contributed by atoms with van der Waals surface area (Å²) in [6.07, 6.45) is 8.69. The first-order chi connectivity index (χ1) is 7.93. The van der Waals surface area contributed by atoms with Crippen molar-refractivity contribution in [3.05, 3.63) is 11.6 Å². The van der Waals surface area contributed by atoms with Crippen LogP contribution in [0, 0.1) is 0 Å². The molecule has 2 aliphatic rings. The number of hydrogen-bond acceptors (Lipinski definition) is 3. The molecule has 3 rings (SSSR count). The van der Waals surface area contributed by atoms with Gasteiger partial charge in [-0.25, -0.2) is 0 Å². The summed E-state index contributed by atoms with van der Waals surface area (Å²) in [7, 11) is 0. The van der Waals surface area contributed by atoms with Gasteiger partial charge in [0.2, 0.25) is 0 Å². The standard InChI is InChI=1S/C12H20N4/c1-2-6-11-14-15-12(16(11)8-3-1)9-10-5-4-7-13-10/h10,13H,1-9H2. The second-order valence-corrected chi connectivity index (χ2v) is 4.99. The Morgan fingerprint density at radius 3 is 3.06 bits per heavy atom. The molecule has 88 valence electrons. The Bertz CT molecular complexity index is 352. The maximum Gasteiger partial charge on any atom is 0.134 e. The summed E-state index contributed by atoms with van der Waals surface area (Å²) in [5.74, 6) is 2.42. The third-order valence-corrected chi connectivity index (χ3v) is 3.78. The van der Waals surface area contributed by atoms with E-state index in [0.29, 0.717) is 6.04 Å². The molecule has 1 unspecified atom stereocenters. The largest absolute Gasteiger partial charge is 0.315 e. The van der Waals surface area contributed by atoms with Gasteiger partial charge < -0.3 is 9.88 Å². The van der Waals surface area contributed by atoms with Gasteiger partial charge in [0.25, 0.3) is 0 Å². The first-order valence-corrected chi connectivity index (χ1v) is 6.58. The third-order valence-electron chi connectivity index (χ3n) is 3.78. The highest BCUT2D eigenvalue weighted by Gasteiger charge is 2.20. The minimum Gasteiger partial charge on any atom is -0.315 e. The van der Waals surface area contributed by atoms with Gasteiger partial charge in [0, 0.05) is 25.4 Å². The lowest BCUT2D eigenvalue weighted by molar-refractivity contribution is 0.543. The Hall–Kier alpha value is -0.900. The van der Waals surface area contributed by atoms with Crippen molar-refractivity contribution >= 4 is 0 Å². The molecule has 0 spiro atoms. The maximum atomic E-state index is 4.38. The van der Waals surface area contributed by atoms with E-state index in [1.807, 2.05) is 0 Å². The van der Waals surface area contributed by atoms with Crippen LogP contribution in [0.3, 0.4) is 0 Å². The molecule has 1 atom stereocenters. The van der Waals surface area contributed by atoms with Gasteiger partial charge in [0.15, 0.2) is 0 Å². The van der Waals surface area contributed by atoms with Crippen LogP contribution in [0.1, 0.15) is 43.8 Å². The van der Waals surface area contributed by atoms with Crippen molar-refractivity contribution in [3.63, 3.8) is 0 Å². The maximum absolute atomic E-state index is 4.38. The predicted octanol–water partition coefficient (Wildman–Crippen LogP) is 1.30. The number of nitrogens with zero attached hydrogens (tertiary/aromatic N) is 3. The van der Waals surface area contributed by atoms with Crippen LogP contribution in [0.4, 0.5) is 0 Å².